The maximum Gasteiger partial charge on any atom is 0.0542 e. The maximum atomic E-state index is 2.44. The minimum Gasteiger partial charge on any atom is -0.335 e. The first kappa shape index (κ1) is 39.5. The fraction of sp³-hybridized carbons (Fsp3) is 0.0492. The van der Waals surface area contributed by atoms with E-state index in [1.807, 2.05) is 0 Å². The van der Waals surface area contributed by atoms with Crippen LogP contribution < -0.4 is 14.7 Å². The van der Waals surface area contributed by atoms with Gasteiger partial charge in [0.1, 0.15) is 0 Å². The van der Waals surface area contributed by atoms with Gasteiger partial charge in [-0.25, -0.2) is 0 Å². The van der Waals surface area contributed by atoms with E-state index in [1.165, 1.54) is 38.7 Å². The Hall–Kier alpha value is -8.34. The minimum atomic E-state index is 0.182. The van der Waals surface area contributed by atoms with Gasteiger partial charge in [-0.15, -0.1) is 0 Å². The number of rotatable bonds is 9. The third-order valence-corrected chi connectivity index (χ3v) is 12.5. The first-order valence-corrected chi connectivity index (χ1v) is 22.5. The van der Waals surface area contributed by atoms with Crippen LogP contribution in [-0.2, 0) is 6.42 Å². The van der Waals surface area contributed by atoms with Crippen LogP contribution in [0.2, 0.25) is 0 Å². The lowest BCUT2D eigenvalue weighted by molar-refractivity contribution is 0.860. The normalized spacial score (nSPS) is 14.5. The van der Waals surface area contributed by atoms with Crippen LogP contribution in [0.25, 0.3) is 38.6 Å². The predicted molar refractivity (Wildman–Crippen MR) is 276 cm³/mol. The number of fused-ring (bicyclic) bond motifs is 4. The number of benzene rings is 9. The zero-order valence-electron chi connectivity index (χ0n) is 36.3. The molecule has 9 aromatic carbocycles. The van der Waals surface area contributed by atoms with Gasteiger partial charge in [-0.1, -0.05) is 140 Å². The van der Waals surface area contributed by atoms with Crippen LogP contribution in [0.15, 0.2) is 255 Å². The number of aromatic nitrogens is 1. The fourth-order valence-corrected chi connectivity index (χ4v) is 9.49. The number of nitrogens with zero attached hydrogens (tertiary/aromatic N) is 4. The predicted octanol–water partition coefficient (Wildman–Crippen LogP) is 16.6. The summed E-state index contributed by atoms with van der Waals surface area (Å²) in [5, 5.41) is 2.46. The summed E-state index contributed by atoms with van der Waals surface area (Å²) in [6, 6.07) is 83.4. The van der Waals surface area contributed by atoms with Gasteiger partial charge in [0, 0.05) is 68.0 Å². The van der Waals surface area contributed by atoms with E-state index in [2.05, 4.69) is 281 Å². The highest BCUT2D eigenvalue weighted by Gasteiger charge is 2.22. The van der Waals surface area contributed by atoms with Gasteiger partial charge >= 0.3 is 0 Å². The standard InChI is InChI=1S/C61H48N4/c1-45-19-7-2-8-20-48-43-55(39-41-59(48)62(45)49-21-9-3-10-22-49)63(50-23-11-4-12-24-50)53-35-31-46(32-36-53)47-33-37-54(38-34-47)64(51-25-13-5-14-26-51)56-40-42-61-58(44-56)57-29-17-18-30-60(57)65(61)52-27-15-6-16-28-52/h2-19,21-45H,20H2,1H3/b8-2-,19-7-. The molecular formula is C61H48N4. The summed E-state index contributed by atoms with van der Waals surface area (Å²) in [6.07, 6.45) is 9.70. The molecule has 1 aliphatic rings. The summed E-state index contributed by atoms with van der Waals surface area (Å²) in [4.78, 5) is 7.16. The van der Waals surface area contributed by atoms with Crippen molar-refractivity contribution in [2.24, 2.45) is 0 Å². The van der Waals surface area contributed by atoms with Gasteiger partial charge in [0.15, 0.2) is 0 Å². The van der Waals surface area contributed by atoms with Crippen molar-refractivity contribution in [2.45, 2.75) is 19.4 Å². The van der Waals surface area contributed by atoms with Gasteiger partial charge < -0.3 is 19.3 Å². The van der Waals surface area contributed by atoms with E-state index >= 15 is 0 Å². The average molecular weight is 837 g/mol. The van der Waals surface area contributed by atoms with Crippen LogP contribution in [0.3, 0.4) is 0 Å². The third-order valence-electron chi connectivity index (χ3n) is 12.5. The molecule has 0 spiro atoms. The van der Waals surface area contributed by atoms with Crippen molar-refractivity contribution in [3.8, 4) is 16.8 Å². The maximum absolute atomic E-state index is 2.44. The number of allylic oxidation sites excluding steroid dienone is 3. The van der Waals surface area contributed by atoms with Crippen molar-refractivity contribution in [2.75, 3.05) is 14.7 Å². The number of anilines is 8. The molecule has 1 aromatic heterocycles. The summed E-state index contributed by atoms with van der Waals surface area (Å²) >= 11 is 0. The Kier molecular flexibility index (Phi) is 10.6. The summed E-state index contributed by atoms with van der Waals surface area (Å²) in [5.41, 5.74) is 16.2. The Labute approximate surface area is 381 Å². The van der Waals surface area contributed by atoms with Crippen LogP contribution in [0.5, 0.6) is 0 Å². The Morgan fingerprint density at radius 1 is 0.400 bits per heavy atom. The molecule has 0 saturated heterocycles. The molecule has 4 nitrogen and oxygen atoms in total. The van der Waals surface area contributed by atoms with E-state index in [4.69, 9.17) is 0 Å². The molecular weight excluding hydrogens is 789 g/mol. The highest BCUT2D eigenvalue weighted by molar-refractivity contribution is 6.10. The molecule has 0 aliphatic carbocycles. The van der Waals surface area contributed by atoms with Crippen molar-refractivity contribution in [1.29, 1.82) is 0 Å². The molecule has 312 valence electrons. The first-order valence-electron chi connectivity index (χ1n) is 22.5. The summed E-state index contributed by atoms with van der Waals surface area (Å²) in [6.45, 7) is 2.26. The molecule has 10 aromatic rings. The molecule has 4 heteroatoms. The molecule has 0 amide bonds. The highest BCUT2D eigenvalue weighted by Crippen LogP contribution is 2.42. The molecule has 0 radical (unpaired) electrons. The molecule has 65 heavy (non-hydrogen) atoms. The number of hydrogen-bond acceptors (Lipinski definition) is 3. The molecule has 1 unspecified atom stereocenters. The topological polar surface area (TPSA) is 14.7 Å². The van der Waals surface area contributed by atoms with Gasteiger partial charge in [0.05, 0.1) is 11.0 Å². The van der Waals surface area contributed by atoms with E-state index in [0.717, 1.165) is 57.4 Å². The second kappa shape index (κ2) is 17.4. The highest BCUT2D eigenvalue weighted by atomic mass is 15.2. The zero-order valence-corrected chi connectivity index (χ0v) is 36.3. The summed E-state index contributed by atoms with van der Waals surface area (Å²) in [7, 11) is 0. The number of para-hydroxylation sites is 5. The molecule has 1 atom stereocenters. The lowest BCUT2D eigenvalue weighted by atomic mass is 10.0. The molecule has 2 heterocycles. The summed E-state index contributed by atoms with van der Waals surface area (Å²) < 4.78 is 2.37. The SMILES string of the molecule is CC1/C=C\C=C/Cc2cc(N(c3ccccc3)c3ccc(-c4ccc(N(c5ccccc5)c5ccc6c(c5)c5ccccc5n6-c5ccccc5)cc4)cc3)ccc2N1c1ccccc1. The smallest absolute Gasteiger partial charge is 0.0542 e. The van der Waals surface area contributed by atoms with E-state index < -0.39 is 0 Å². The van der Waals surface area contributed by atoms with Crippen molar-refractivity contribution in [1.82, 2.24) is 4.57 Å². The van der Waals surface area contributed by atoms with Crippen LogP contribution >= 0.6 is 0 Å². The summed E-state index contributed by atoms with van der Waals surface area (Å²) in [5.74, 6) is 0. The van der Waals surface area contributed by atoms with Crippen molar-refractivity contribution >= 4 is 67.3 Å². The van der Waals surface area contributed by atoms with E-state index in [0.29, 0.717) is 0 Å². The largest absolute Gasteiger partial charge is 0.335 e. The van der Waals surface area contributed by atoms with E-state index in [1.54, 1.807) is 0 Å². The van der Waals surface area contributed by atoms with Crippen LogP contribution in [0, 0.1) is 0 Å². The van der Waals surface area contributed by atoms with Crippen LogP contribution in [0.1, 0.15) is 12.5 Å². The first-order chi connectivity index (χ1) is 32.2. The molecule has 1 aliphatic heterocycles. The molecule has 0 bridgehead atoms. The number of hydrogen-bond donors (Lipinski definition) is 0. The third kappa shape index (κ3) is 7.66. The minimum absolute atomic E-state index is 0.182. The van der Waals surface area contributed by atoms with E-state index in [9.17, 15) is 0 Å². The fourth-order valence-electron chi connectivity index (χ4n) is 9.49. The van der Waals surface area contributed by atoms with Crippen molar-refractivity contribution in [3.63, 3.8) is 0 Å². The van der Waals surface area contributed by atoms with E-state index in [-0.39, 0.29) is 6.04 Å². The van der Waals surface area contributed by atoms with Gasteiger partial charge in [-0.3, -0.25) is 0 Å². The lowest BCUT2D eigenvalue weighted by Gasteiger charge is -2.33. The second-order valence-electron chi connectivity index (χ2n) is 16.6. The van der Waals surface area contributed by atoms with Crippen molar-refractivity contribution < 1.29 is 0 Å². The Morgan fingerprint density at radius 3 is 1.49 bits per heavy atom. The quantitative estimate of drug-likeness (QED) is 0.144. The zero-order chi connectivity index (χ0) is 43.5. The Bertz CT molecular complexity index is 3280. The van der Waals surface area contributed by atoms with Crippen LogP contribution in [0.4, 0.5) is 45.5 Å². The Morgan fingerprint density at radius 2 is 0.877 bits per heavy atom. The van der Waals surface area contributed by atoms with Gasteiger partial charge in [-0.2, -0.15) is 0 Å². The molecule has 0 N–H and O–H groups in total. The molecule has 0 saturated carbocycles. The van der Waals surface area contributed by atoms with Crippen LogP contribution in [-0.4, -0.2) is 10.6 Å². The molecule has 0 fully saturated rings. The van der Waals surface area contributed by atoms with Gasteiger partial charge in [-0.05, 0) is 145 Å². The van der Waals surface area contributed by atoms with Crippen molar-refractivity contribution in [3.05, 3.63) is 260 Å². The average Bonchev–Trinajstić information content (AvgIpc) is 3.73. The van der Waals surface area contributed by atoms with Gasteiger partial charge in [0.2, 0.25) is 0 Å². The molecule has 11 rings (SSSR count). The van der Waals surface area contributed by atoms with Gasteiger partial charge in [0.25, 0.3) is 0 Å². The second-order valence-corrected chi connectivity index (χ2v) is 16.6. The Balaban J connectivity index is 0.933. The lowest BCUT2D eigenvalue weighted by Crippen LogP contribution is -2.27. The monoisotopic (exact) mass is 836 g/mol.